The smallest absolute Gasteiger partial charge is 0.181 e. The summed E-state index contributed by atoms with van der Waals surface area (Å²) in [5.74, 6) is 1.61. The Hall–Kier alpha value is -1.88. The Kier molecular flexibility index (Phi) is 3.72. The molecule has 0 saturated carbocycles. The molecule has 0 spiro atoms. The Morgan fingerprint density at radius 3 is 2.65 bits per heavy atom. The number of H-pyrrole nitrogens is 1. The van der Waals surface area contributed by atoms with Crippen LogP contribution in [-0.2, 0) is 6.42 Å². The Balaban J connectivity index is 2.11. The first-order valence-corrected chi connectivity index (χ1v) is 5.70. The van der Waals surface area contributed by atoms with Gasteiger partial charge in [0.2, 0.25) is 0 Å². The van der Waals surface area contributed by atoms with E-state index in [-0.39, 0.29) is 6.61 Å². The van der Waals surface area contributed by atoms with Crippen LogP contribution in [-0.4, -0.2) is 33.4 Å². The number of hydrogen-bond acceptors (Lipinski definition) is 4. The molecule has 0 fully saturated rings. The van der Waals surface area contributed by atoms with Crippen molar-refractivity contribution in [3.63, 3.8) is 0 Å². The SMILES string of the molecule is CCc1nc(-c2ccc(NCCO)cc2)n[nH]1. The third-order valence-electron chi connectivity index (χ3n) is 2.45. The topological polar surface area (TPSA) is 73.8 Å². The highest BCUT2D eigenvalue weighted by atomic mass is 16.3. The molecule has 1 aromatic carbocycles. The van der Waals surface area contributed by atoms with Gasteiger partial charge in [-0.3, -0.25) is 5.10 Å². The second-order valence-electron chi connectivity index (χ2n) is 3.69. The first kappa shape index (κ1) is 11.6. The molecule has 0 atom stereocenters. The summed E-state index contributed by atoms with van der Waals surface area (Å²) in [5.41, 5.74) is 1.96. The van der Waals surface area contributed by atoms with Gasteiger partial charge < -0.3 is 10.4 Å². The fourth-order valence-corrected chi connectivity index (χ4v) is 1.52. The van der Waals surface area contributed by atoms with Crippen LogP contribution in [0, 0.1) is 0 Å². The van der Waals surface area contributed by atoms with Gasteiger partial charge in [0.05, 0.1) is 6.61 Å². The van der Waals surface area contributed by atoms with Gasteiger partial charge in [-0.25, -0.2) is 4.98 Å². The molecule has 2 aromatic rings. The van der Waals surface area contributed by atoms with Gasteiger partial charge in [-0.15, -0.1) is 0 Å². The molecule has 1 heterocycles. The van der Waals surface area contributed by atoms with Gasteiger partial charge in [-0.2, -0.15) is 5.10 Å². The number of hydrogen-bond donors (Lipinski definition) is 3. The summed E-state index contributed by atoms with van der Waals surface area (Å²) >= 11 is 0. The van der Waals surface area contributed by atoms with E-state index in [1.807, 2.05) is 31.2 Å². The predicted molar refractivity (Wildman–Crippen MR) is 66.8 cm³/mol. The van der Waals surface area contributed by atoms with Crippen molar-refractivity contribution in [1.29, 1.82) is 0 Å². The van der Waals surface area contributed by atoms with Crippen molar-refractivity contribution < 1.29 is 5.11 Å². The third kappa shape index (κ3) is 2.82. The zero-order valence-electron chi connectivity index (χ0n) is 9.77. The van der Waals surface area contributed by atoms with Crippen LogP contribution >= 0.6 is 0 Å². The van der Waals surface area contributed by atoms with E-state index in [9.17, 15) is 0 Å². The van der Waals surface area contributed by atoms with Gasteiger partial charge in [0, 0.05) is 24.2 Å². The van der Waals surface area contributed by atoms with Crippen molar-refractivity contribution in [2.75, 3.05) is 18.5 Å². The maximum Gasteiger partial charge on any atom is 0.181 e. The molecule has 17 heavy (non-hydrogen) atoms. The lowest BCUT2D eigenvalue weighted by Crippen LogP contribution is -2.04. The maximum atomic E-state index is 8.70. The van der Waals surface area contributed by atoms with Crippen molar-refractivity contribution in [1.82, 2.24) is 15.2 Å². The molecule has 5 nitrogen and oxygen atoms in total. The molecule has 0 aliphatic carbocycles. The molecule has 0 aliphatic rings. The van der Waals surface area contributed by atoms with E-state index >= 15 is 0 Å². The van der Waals surface area contributed by atoms with Crippen LogP contribution in [0.5, 0.6) is 0 Å². The minimum atomic E-state index is 0.128. The summed E-state index contributed by atoms with van der Waals surface area (Å²) in [6.45, 7) is 2.72. The zero-order chi connectivity index (χ0) is 12.1. The van der Waals surface area contributed by atoms with Crippen molar-refractivity contribution in [3.05, 3.63) is 30.1 Å². The minimum Gasteiger partial charge on any atom is -0.395 e. The average molecular weight is 232 g/mol. The van der Waals surface area contributed by atoms with E-state index < -0.39 is 0 Å². The second-order valence-corrected chi connectivity index (χ2v) is 3.69. The molecule has 0 amide bonds. The van der Waals surface area contributed by atoms with E-state index in [0.717, 1.165) is 29.3 Å². The Morgan fingerprint density at radius 1 is 1.29 bits per heavy atom. The molecule has 2 rings (SSSR count). The summed E-state index contributed by atoms with van der Waals surface area (Å²) in [6.07, 6.45) is 0.850. The van der Waals surface area contributed by atoms with Crippen molar-refractivity contribution in [3.8, 4) is 11.4 Å². The fraction of sp³-hybridized carbons (Fsp3) is 0.333. The van der Waals surface area contributed by atoms with Crippen LogP contribution in [0.1, 0.15) is 12.7 Å². The standard InChI is InChI=1S/C12H16N4O/c1-2-11-14-12(16-15-11)9-3-5-10(6-4-9)13-7-8-17/h3-6,13,17H,2,7-8H2,1H3,(H,14,15,16). The van der Waals surface area contributed by atoms with Gasteiger partial charge in [-0.05, 0) is 24.3 Å². The predicted octanol–water partition coefficient (Wildman–Crippen LogP) is 1.44. The summed E-state index contributed by atoms with van der Waals surface area (Å²) in [5, 5.41) is 18.8. The molecular weight excluding hydrogens is 216 g/mol. The molecule has 90 valence electrons. The van der Waals surface area contributed by atoms with E-state index in [1.165, 1.54) is 0 Å². The van der Waals surface area contributed by atoms with Gasteiger partial charge in [0.1, 0.15) is 5.82 Å². The molecule has 1 aromatic heterocycles. The van der Waals surface area contributed by atoms with Crippen LogP contribution in [0.3, 0.4) is 0 Å². The van der Waals surface area contributed by atoms with Gasteiger partial charge >= 0.3 is 0 Å². The second kappa shape index (κ2) is 5.45. The number of aromatic nitrogens is 3. The third-order valence-corrected chi connectivity index (χ3v) is 2.45. The van der Waals surface area contributed by atoms with E-state index in [0.29, 0.717) is 6.54 Å². The monoisotopic (exact) mass is 232 g/mol. The van der Waals surface area contributed by atoms with Crippen LogP contribution in [0.15, 0.2) is 24.3 Å². The maximum absolute atomic E-state index is 8.70. The zero-order valence-corrected chi connectivity index (χ0v) is 9.77. The number of rotatable bonds is 5. The molecule has 0 radical (unpaired) electrons. The van der Waals surface area contributed by atoms with Crippen molar-refractivity contribution in [2.45, 2.75) is 13.3 Å². The normalized spacial score (nSPS) is 10.5. The largest absolute Gasteiger partial charge is 0.395 e. The molecule has 0 aliphatic heterocycles. The van der Waals surface area contributed by atoms with Crippen molar-refractivity contribution >= 4 is 5.69 Å². The van der Waals surface area contributed by atoms with Crippen molar-refractivity contribution in [2.24, 2.45) is 0 Å². The van der Waals surface area contributed by atoms with Gasteiger partial charge in [0.15, 0.2) is 5.82 Å². The number of aliphatic hydroxyl groups excluding tert-OH is 1. The lowest BCUT2D eigenvalue weighted by atomic mass is 10.2. The van der Waals surface area contributed by atoms with Crippen LogP contribution in [0.2, 0.25) is 0 Å². The first-order valence-electron chi connectivity index (χ1n) is 5.70. The molecule has 0 unspecified atom stereocenters. The van der Waals surface area contributed by atoms with Gasteiger partial charge in [-0.1, -0.05) is 6.92 Å². The van der Waals surface area contributed by atoms with Crippen LogP contribution < -0.4 is 5.32 Å². The number of aliphatic hydroxyl groups is 1. The summed E-state index contributed by atoms with van der Waals surface area (Å²) < 4.78 is 0. The highest BCUT2D eigenvalue weighted by Crippen LogP contribution is 2.17. The molecule has 3 N–H and O–H groups in total. The number of benzene rings is 1. The van der Waals surface area contributed by atoms with E-state index in [4.69, 9.17) is 5.11 Å². The van der Waals surface area contributed by atoms with E-state index in [1.54, 1.807) is 0 Å². The quantitative estimate of drug-likeness (QED) is 0.729. The Bertz CT molecular complexity index is 464. The van der Waals surface area contributed by atoms with Gasteiger partial charge in [0.25, 0.3) is 0 Å². The number of nitrogens with zero attached hydrogens (tertiary/aromatic N) is 2. The minimum absolute atomic E-state index is 0.128. The highest BCUT2D eigenvalue weighted by Gasteiger charge is 2.04. The molecule has 5 heteroatoms. The number of aromatic amines is 1. The van der Waals surface area contributed by atoms with Crippen LogP contribution in [0.25, 0.3) is 11.4 Å². The highest BCUT2D eigenvalue weighted by molar-refractivity contribution is 5.59. The number of anilines is 1. The lowest BCUT2D eigenvalue weighted by Gasteiger charge is -2.04. The summed E-state index contributed by atoms with van der Waals surface area (Å²) in [7, 11) is 0. The van der Waals surface area contributed by atoms with E-state index in [2.05, 4.69) is 20.5 Å². The van der Waals surface area contributed by atoms with Crippen LogP contribution in [0.4, 0.5) is 5.69 Å². The molecular formula is C12H16N4O. The number of nitrogens with one attached hydrogen (secondary N) is 2. The average Bonchev–Trinajstić information content (AvgIpc) is 2.86. The Morgan fingerprint density at radius 2 is 2.06 bits per heavy atom. The Labute approximate surface area is 99.9 Å². The number of aryl methyl sites for hydroxylation is 1. The molecule has 0 saturated heterocycles. The summed E-state index contributed by atoms with van der Waals surface area (Å²) in [4.78, 5) is 4.36. The lowest BCUT2D eigenvalue weighted by molar-refractivity contribution is 0.311. The molecule has 0 bridgehead atoms. The fourth-order valence-electron chi connectivity index (χ4n) is 1.52. The summed E-state index contributed by atoms with van der Waals surface area (Å²) in [6, 6.07) is 7.82. The first-order chi connectivity index (χ1) is 8.33.